The van der Waals surface area contributed by atoms with Gasteiger partial charge in [-0.2, -0.15) is 0 Å². The van der Waals surface area contributed by atoms with E-state index >= 15 is 0 Å². The fraction of sp³-hybridized carbons (Fsp3) is 0.667. The van der Waals surface area contributed by atoms with Crippen molar-refractivity contribution in [2.45, 2.75) is 52.1 Å². The SMILES string of the molecule is CC(C)Cc1ccc([C@@H](C)C(=O)NCCC[C@@H]2CN(C)CCO2)cc1. The van der Waals surface area contributed by atoms with Crippen molar-refractivity contribution in [1.82, 2.24) is 10.2 Å². The maximum Gasteiger partial charge on any atom is 0.227 e. The molecule has 0 aliphatic carbocycles. The van der Waals surface area contributed by atoms with Gasteiger partial charge in [-0.05, 0) is 50.3 Å². The molecule has 1 N–H and O–H groups in total. The van der Waals surface area contributed by atoms with Gasteiger partial charge >= 0.3 is 0 Å². The summed E-state index contributed by atoms with van der Waals surface area (Å²) in [6, 6.07) is 8.48. The van der Waals surface area contributed by atoms with Crippen molar-refractivity contribution in [1.29, 1.82) is 0 Å². The molecule has 4 nitrogen and oxygen atoms in total. The third kappa shape index (κ3) is 6.79. The van der Waals surface area contributed by atoms with E-state index in [2.05, 4.69) is 55.4 Å². The number of carbonyl (C=O) groups excluding carboxylic acids is 1. The predicted octanol–water partition coefficient (Wildman–Crippen LogP) is 3.22. The Labute approximate surface area is 152 Å². The van der Waals surface area contributed by atoms with Gasteiger partial charge in [0.1, 0.15) is 0 Å². The van der Waals surface area contributed by atoms with Crippen LogP contribution in [-0.2, 0) is 16.0 Å². The minimum Gasteiger partial charge on any atom is -0.376 e. The maximum atomic E-state index is 12.4. The van der Waals surface area contributed by atoms with Crippen LogP contribution < -0.4 is 5.32 Å². The van der Waals surface area contributed by atoms with Crippen LogP contribution in [0.2, 0.25) is 0 Å². The molecule has 0 saturated carbocycles. The quantitative estimate of drug-likeness (QED) is 0.735. The van der Waals surface area contributed by atoms with Crippen LogP contribution in [0.1, 0.15) is 50.7 Å². The van der Waals surface area contributed by atoms with E-state index in [-0.39, 0.29) is 11.8 Å². The number of nitrogens with zero attached hydrogens (tertiary/aromatic N) is 1. The number of hydrogen-bond acceptors (Lipinski definition) is 3. The third-order valence-corrected chi connectivity index (χ3v) is 4.86. The average molecular weight is 347 g/mol. The van der Waals surface area contributed by atoms with E-state index in [1.54, 1.807) is 0 Å². The van der Waals surface area contributed by atoms with Crippen LogP contribution in [0.3, 0.4) is 0 Å². The number of amides is 1. The molecule has 2 rings (SSSR count). The molecule has 2 atom stereocenters. The van der Waals surface area contributed by atoms with Gasteiger partial charge in [-0.15, -0.1) is 0 Å². The van der Waals surface area contributed by atoms with Crippen molar-refractivity contribution in [3.05, 3.63) is 35.4 Å². The lowest BCUT2D eigenvalue weighted by Crippen LogP contribution is -2.40. The normalized spacial score (nSPS) is 19.8. The number of rotatable bonds is 8. The van der Waals surface area contributed by atoms with E-state index in [9.17, 15) is 4.79 Å². The topological polar surface area (TPSA) is 41.6 Å². The zero-order valence-corrected chi connectivity index (χ0v) is 16.3. The third-order valence-electron chi connectivity index (χ3n) is 4.86. The van der Waals surface area contributed by atoms with Crippen LogP contribution in [0.5, 0.6) is 0 Å². The monoisotopic (exact) mass is 346 g/mol. The van der Waals surface area contributed by atoms with Crippen molar-refractivity contribution < 1.29 is 9.53 Å². The van der Waals surface area contributed by atoms with E-state index in [1.807, 2.05) is 6.92 Å². The average Bonchev–Trinajstić information content (AvgIpc) is 2.58. The van der Waals surface area contributed by atoms with Gasteiger partial charge in [0.05, 0.1) is 18.6 Å². The minimum atomic E-state index is -0.106. The van der Waals surface area contributed by atoms with Crippen LogP contribution in [0, 0.1) is 5.92 Å². The summed E-state index contributed by atoms with van der Waals surface area (Å²) in [5, 5.41) is 3.07. The first-order chi connectivity index (χ1) is 12.0. The van der Waals surface area contributed by atoms with E-state index < -0.39 is 0 Å². The lowest BCUT2D eigenvalue weighted by molar-refractivity contribution is -0.122. The number of nitrogens with one attached hydrogen (secondary N) is 1. The molecule has 140 valence electrons. The van der Waals surface area contributed by atoms with E-state index in [4.69, 9.17) is 4.74 Å². The van der Waals surface area contributed by atoms with Crippen LogP contribution >= 0.6 is 0 Å². The number of likely N-dealkylation sites (N-methyl/N-ethyl adjacent to an activating group) is 1. The summed E-state index contributed by atoms with van der Waals surface area (Å²) in [5.41, 5.74) is 2.42. The summed E-state index contributed by atoms with van der Waals surface area (Å²) >= 11 is 0. The molecule has 25 heavy (non-hydrogen) atoms. The van der Waals surface area contributed by atoms with Gasteiger partial charge in [0.25, 0.3) is 0 Å². The van der Waals surface area contributed by atoms with Crippen molar-refractivity contribution >= 4 is 5.91 Å². The van der Waals surface area contributed by atoms with Crippen molar-refractivity contribution in [3.8, 4) is 0 Å². The first-order valence-corrected chi connectivity index (χ1v) is 9.62. The van der Waals surface area contributed by atoms with Crippen LogP contribution in [0.4, 0.5) is 0 Å². The second kappa shape index (κ2) is 9.93. The molecule has 0 radical (unpaired) electrons. The van der Waals surface area contributed by atoms with E-state index in [0.717, 1.165) is 51.1 Å². The largest absolute Gasteiger partial charge is 0.376 e. The molecular formula is C21H34N2O2. The smallest absolute Gasteiger partial charge is 0.227 e. The highest BCUT2D eigenvalue weighted by Crippen LogP contribution is 2.18. The molecule has 1 aliphatic heterocycles. The summed E-state index contributed by atoms with van der Waals surface area (Å²) < 4.78 is 5.76. The maximum absolute atomic E-state index is 12.4. The molecule has 0 aromatic heterocycles. The van der Waals surface area contributed by atoms with Crippen molar-refractivity contribution in [3.63, 3.8) is 0 Å². The fourth-order valence-corrected chi connectivity index (χ4v) is 3.30. The van der Waals surface area contributed by atoms with Crippen molar-refractivity contribution in [2.75, 3.05) is 33.3 Å². The molecule has 4 heteroatoms. The van der Waals surface area contributed by atoms with Crippen LogP contribution in [-0.4, -0.2) is 50.2 Å². The van der Waals surface area contributed by atoms with Crippen LogP contribution in [0.15, 0.2) is 24.3 Å². The van der Waals surface area contributed by atoms with E-state index in [0.29, 0.717) is 12.0 Å². The van der Waals surface area contributed by atoms with Gasteiger partial charge in [-0.3, -0.25) is 4.79 Å². The van der Waals surface area contributed by atoms with Gasteiger partial charge < -0.3 is 15.0 Å². The lowest BCUT2D eigenvalue weighted by atomic mass is 9.96. The number of hydrogen-bond donors (Lipinski definition) is 1. The highest BCUT2D eigenvalue weighted by Gasteiger charge is 2.18. The summed E-state index contributed by atoms with van der Waals surface area (Å²) in [6.07, 6.45) is 3.36. The standard InChI is InChI=1S/C21H34N2O2/c1-16(2)14-18-7-9-19(10-8-18)17(3)21(24)22-11-5-6-20-15-23(4)12-13-25-20/h7-10,16-17,20H,5-6,11-15H2,1-4H3,(H,22,24)/t17-,20-/m1/s1. The molecular weight excluding hydrogens is 312 g/mol. The Morgan fingerprint density at radius 1 is 1.28 bits per heavy atom. The van der Waals surface area contributed by atoms with E-state index in [1.165, 1.54) is 5.56 Å². The number of carbonyl (C=O) groups is 1. The molecule has 1 aromatic carbocycles. The number of ether oxygens (including phenoxy) is 1. The first kappa shape index (κ1) is 19.9. The van der Waals surface area contributed by atoms with Gasteiger partial charge in [-0.1, -0.05) is 38.1 Å². The molecule has 1 saturated heterocycles. The molecule has 0 spiro atoms. The first-order valence-electron chi connectivity index (χ1n) is 9.62. The summed E-state index contributed by atoms with van der Waals surface area (Å²) in [5.74, 6) is 0.656. The van der Waals surface area contributed by atoms with Crippen molar-refractivity contribution in [2.24, 2.45) is 5.92 Å². The summed E-state index contributed by atoms with van der Waals surface area (Å²) in [4.78, 5) is 14.7. The molecule has 1 amide bonds. The Morgan fingerprint density at radius 3 is 2.64 bits per heavy atom. The Bertz CT molecular complexity index is 527. The minimum absolute atomic E-state index is 0.106. The number of benzene rings is 1. The van der Waals surface area contributed by atoms with Gasteiger partial charge in [0.15, 0.2) is 0 Å². The molecule has 1 aromatic rings. The Morgan fingerprint density at radius 2 is 2.00 bits per heavy atom. The van der Waals surface area contributed by atoms with Gasteiger partial charge in [0, 0.05) is 19.6 Å². The second-order valence-electron chi connectivity index (χ2n) is 7.75. The summed E-state index contributed by atoms with van der Waals surface area (Å²) in [7, 11) is 2.13. The highest BCUT2D eigenvalue weighted by molar-refractivity contribution is 5.83. The fourth-order valence-electron chi connectivity index (χ4n) is 3.30. The molecule has 1 heterocycles. The highest BCUT2D eigenvalue weighted by atomic mass is 16.5. The second-order valence-corrected chi connectivity index (χ2v) is 7.75. The molecule has 0 unspecified atom stereocenters. The Hall–Kier alpha value is -1.39. The number of morpholine rings is 1. The zero-order chi connectivity index (χ0) is 18.2. The van der Waals surface area contributed by atoms with Gasteiger partial charge in [0.2, 0.25) is 5.91 Å². The van der Waals surface area contributed by atoms with Crippen LogP contribution in [0.25, 0.3) is 0 Å². The van der Waals surface area contributed by atoms with Gasteiger partial charge in [-0.25, -0.2) is 0 Å². The molecule has 0 bridgehead atoms. The lowest BCUT2D eigenvalue weighted by Gasteiger charge is -2.30. The Kier molecular flexibility index (Phi) is 7.91. The Balaban J connectivity index is 1.70. The zero-order valence-electron chi connectivity index (χ0n) is 16.3. The molecule has 1 aliphatic rings. The predicted molar refractivity (Wildman–Crippen MR) is 103 cm³/mol. The molecule has 1 fully saturated rings. The summed E-state index contributed by atoms with van der Waals surface area (Å²) in [6.45, 7) is 9.97.